The molecule has 1 aliphatic rings. The molecule has 0 amide bonds. The lowest BCUT2D eigenvalue weighted by Gasteiger charge is -2.33. The van der Waals surface area contributed by atoms with Crippen molar-refractivity contribution in [3.8, 4) is 0 Å². The summed E-state index contributed by atoms with van der Waals surface area (Å²) in [6.07, 6.45) is 1.41. The molecule has 2 rings (SSSR count). The number of nitrogens with one attached hydrogen (secondary N) is 1. The lowest BCUT2D eigenvalue weighted by atomic mass is 10.2. The number of aryl methyl sites for hydroxylation is 1. The Kier molecular flexibility index (Phi) is 4.41. The maximum atomic E-state index is 12.6. The minimum atomic E-state index is -3.77. The number of piperazine rings is 1. The summed E-state index contributed by atoms with van der Waals surface area (Å²) < 4.78 is 32.6. The molecule has 20 heavy (non-hydrogen) atoms. The van der Waals surface area contributed by atoms with Gasteiger partial charge in [0.15, 0.2) is 5.03 Å². The number of hydrogen-bond acceptors (Lipinski definition) is 6. The number of aromatic nitrogens is 2. The van der Waals surface area contributed by atoms with Gasteiger partial charge in [0.1, 0.15) is 6.04 Å². The van der Waals surface area contributed by atoms with Crippen LogP contribution in [-0.4, -0.2) is 60.8 Å². The van der Waals surface area contributed by atoms with Crippen molar-refractivity contribution in [2.24, 2.45) is 7.05 Å². The van der Waals surface area contributed by atoms with Crippen molar-refractivity contribution in [2.75, 3.05) is 26.2 Å². The van der Waals surface area contributed by atoms with Gasteiger partial charge < -0.3 is 10.1 Å². The zero-order valence-electron chi connectivity index (χ0n) is 11.4. The van der Waals surface area contributed by atoms with Gasteiger partial charge in [-0.15, -0.1) is 0 Å². The minimum Gasteiger partial charge on any atom is -0.465 e. The van der Waals surface area contributed by atoms with Gasteiger partial charge >= 0.3 is 5.97 Å². The first-order valence-electron chi connectivity index (χ1n) is 6.35. The number of nitrogens with zero attached hydrogens (tertiary/aromatic N) is 3. The highest BCUT2D eigenvalue weighted by Gasteiger charge is 2.39. The van der Waals surface area contributed by atoms with E-state index in [1.54, 1.807) is 14.0 Å². The van der Waals surface area contributed by atoms with E-state index in [2.05, 4.69) is 10.4 Å². The zero-order chi connectivity index (χ0) is 14.8. The molecule has 1 aliphatic heterocycles. The van der Waals surface area contributed by atoms with E-state index in [-0.39, 0.29) is 24.7 Å². The SMILES string of the molecule is CCOC(=O)C1CNCCN1S(=O)(=O)c1ccnn1C. The van der Waals surface area contributed by atoms with Gasteiger partial charge in [-0.1, -0.05) is 0 Å². The van der Waals surface area contributed by atoms with Crippen LogP contribution in [0.25, 0.3) is 0 Å². The first kappa shape index (κ1) is 14.9. The van der Waals surface area contributed by atoms with Crippen LogP contribution >= 0.6 is 0 Å². The molecule has 0 aliphatic carbocycles. The Hall–Kier alpha value is -1.45. The van der Waals surface area contributed by atoms with Crippen molar-refractivity contribution in [3.05, 3.63) is 12.3 Å². The molecule has 1 saturated heterocycles. The summed E-state index contributed by atoms with van der Waals surface area (Å²) >= 11 is 0. The number of rotatable bonds is 4. The van der Waals surface area contributed by atoms with Crippen molar-refractivity contribution in [2.45, 2.75) is 18.0 Å². The molecular formula is C11H18N4O4S. The van der Waals surface area contributed by atoms with Crippen molar-refractivity contribution < 1.29 is 17.9 Å². The van der Waals surface area contributed by atoms with E-state index in [1.807, 2.05) is 0 Å². The van der Waals surface area contributed by atoms with E-state index >= 15 is 0 Å². The average Bonchev–Trinajstić information content (AvgIpc) is 2.86. The van der Waals surface area contributed by atoms with Gasteiger partial charge in [-0.3, -0.25) is 9.48 Å². The second-order valence-corrected chi connectivity index (χ2v) is 6.22. The topological polar surface area (TPSA) is 93.5 Å². The van der Waals surface area contributed by atoms with Gasteiger partial charge in [0.05, 0.1) is 12.8 Å². The fourth-order valence-corrected chi connectivity index (χ4v) is 3.83. The monoisotopic (exact) mass is 302 g/mol. The second-order valence-electron chi connectivity index (χ2n) is 4.38. The highest BCUT2D eigenvalue weighted by Crippen LogP contribution is 2.19. The molecule has 8 nitrogen and oxygen atoms in total. The summed E-state index contributed by atoms with van der Waals surface area (Å²) in [5.41, 5.74) is 0. The maximum Gasteiger partial charge on any atom is 0.325 e. The van der Waals surface area contributed by atoms with Crippen LogP contribution < -0.4 is 5.32 Å². The molecule has 112 valence electrons. The van der Waals surface area contributed by atoms with E-state index < -0.39 is 22.0 Å². The summed E-state index contributed by atoms with van der Waals surface area (Å²) in [4.78, 5) is 11.9. The summed E-state index contributed by atoms with van der Waals surface area (Å²) in [6.45, 7) is 2.86. The fraction of sp³-hybridized carbons (Fsp3) is 0.636. The van der Waals surface area contributed by atoms with E-state index in [1.165, 1.54) is 21.3 Å². The van der Waals surface area contributed by atoms with Crippen LogP contribution in [-0.2, 0) is 26.6 Å². The molecule has 1 aromatic heterocycles. The summed E-state index contributed by atoms with van der Waals surface area (Å²) in [7, 11) is -2.22. The molecule has 1 aromatic rings. The number of carbonyl (C=O) groups excluding carboxylic acids is 1. The van der Waals surface area contributed by atoms with E-state index in [0.29, 0.717) is 6.54 Å². The van der Waals surface area contributed by atoms with E-state index in [0.717, 1.165) is 0 Å². The molecule has 1 N–H and O–H groups in total. The molecule has 0 aromatic carbocycles. The lowest BCUT2D eigenvalue weighted by molar-refractivity contribution is -0.148. The predicted octanol–water partition coefficient (Wildman–Crippen LogP) is -1.05. The van der Waals surface area contributed by atoms with Crippen molar-refractivity contribution in [3.63, 3.8) is 0 Å². The Labute approximate surface area is 117 Å². The van der Waals surface area contributed by atoms with Gasteiger partial charge in [0, 0.05) is 26.7 Å². The van der Waals surface area contributed by atoms with Crippen LogP contribution in [0.1, 0.15) is 6.92 Å². The number of carbonyl (C=O) groups is 1. The Balaban J connectivity index is 2.32. The molecule has 2 heterocycles. The lowest BCUT2D eigenvalue weighted by Crippen LogP contribution is -2.57. The third kappa shape index (κ3) is 2.69. The molecule has 0 radical (unpaired) electrons. The molecule has 1 fully saturated rings. The summed E-state index contributed by atoms with van der Waals surface area (Å²) in [5, 5.41) is 6.93. The third-order valence-electron chi connectivity index (χ3n) is 3.10. The van der Waals surface area contributed by atoms with Gasteiger partial charge in [0.2, 0.25) is 0 Å². The zero-order valence-corrected chi connectivity index (χ0v) is 12.3. The van der Waals surface area contributed by atoms with E-state index in [4.69, 9.17) is 4.74 Å². The summed E-state index contributed by atoms with van der Waals surface area (Å²) in [6, 6.07) is 0.572. The van der Waals surface area contributed by atoms with Crippen LogP contribution in [0.4, 0.5) is 0 Å². The third-order valence-corrected chi connectivity index (χ3v) is 5.09. The summed E-state index contributed by atoms with van der Waals surface area (Å²) in [5.74, 6) is -0.537. The van der Waals surface area contributed by atoms with Crippen LogP contribution in [0.15, 0.2) is 17.3 Å². The van der Waals surface area contributed by atoms with Crippen LogP contribution in [0.2, 0.25) is 0 Å². The van der Waals surface area contributed by atoms with Gasteiger partial charge in [-0.2, -0.15) is 9.40 Å². The number of esters is 1. The molecule has 1 atom stereocenters. The van der Waals surface area contributed by atoms with Gasteiger partial charge in [0.25, 0.3) is 10.0 Å². The first-order chi connectivity index (χ1) is 9.48. The fourth-order valence-electron chi connectivity index (χ4n) is 2.15. The Bertz CT molecular complexity index is 583. The Morgan fingerprint density at radius 3 is 2.95 bits per heavy atom. The number of ether oxygens (including phenoxy) is 1. The van der Waals surface area contributed by atoms with Crippen molar-refractivity contribution in [1.29, 1.82) is 0 Å². The number of hydrogen-bond donors (Lipinski definition) is 1. The molecule has 0 saturated carbocycles. The molecule has 1 unspecified atom stereocenters. The van der Waals surface area contributed by atoms with Gasteiger partial charge in [-0.05, 0) is 13.0 Å². The largest absolute Gasteiger partial charge is 0.465 e. The van der Waals surface area contributed by atoms with Crippen LogP contribution in [0, 0.1) is 0 Å². The second kappa shape index (κ2) is 5.90. The van der Waals surface area contributed by atoms with Crippen molar-refractivity contribution >= 4 is 16.0 Å². The van der Waals surface area contributed by atoms with Crippen LogP contribution in [0.5, 0.6) is 0 Å². The van der Waals surface area contributed by atoms with Crippen molar-refractivity contribution in [1.82, 2.24) is 19.4 Å². The Morgan fingerprint density at radius 2 is 2.35 bits per heavy atom. The predicted molar refractivity (Wildman–Crippen MR) is 70.4 cm³/mol. The Morgan fingerprint density at radius 1 is 1.60 bits per heavy atom. The first-order valence-corrected chi connectivity index (χ1v) is 7.79. The molecular weight excluding hydrogens is 284 g/mol. The highest BCUT2D eigenvalue weighted by atomic mass is 32.2. The quantitative estimate of drug-likeness (QED) is 0.713. The number of sulfonamides is 1. The molecule has 0 bridgehead atoms. The molecule has 9 heteroatoms. The highest BCUT2D eigenvalue weighted by molar-refractivity contribution is 7.89. The van der Waals surface area contributed by atoms with Gasteiger partial charge in [-0.25, -0.2) is 8.42 Å². The van der Waals surface area contributed by atoms with Crippen LogP contribution in [0.3, 0.4) is 0 Å². The van der Waals surface area contributed by atoms with E-state index in [9.17, 15) is 13.2 Å². The minimum absolute atomic E-state index is 0.0636. The smallest absolute Gasteiger partial charge is 0.325 e. The normalized spacial score (nSPS) is 20.8. The maximum absolute atomic E-state index is 12.6. The average molecular weight is 302 g/mol. The molecule has 0 spiro atoms. The standard InChI is InChI=1S/C11H18N4O4S/c1-3-19-11(16)9-8-12-6-7-15(9)20(17,18)10-4-5-13-14(10)2/h4-5,9,12H,3,6-8H2,1-2H3.